The number of aryl methyl sites for hydroxylation is 1. The third kappa shape index (κ3) is 4.60. The van der Waals surface area contributed by atoms with E-state index in [1.165, 1.54) is 22.9 Å². The van der Waals surface area contributed by atoms with Gasteiger partial charge in [-0.05, 0) is 49.3 Å². The number of nitrogens with zero attached hydrogens (tertiary/aromatic N) is 1. The lowest BCUT2D eigenvalue weighted by Gasteiger charge is -2.26. The second-order valence-electron chi connectivity index (χ2n) is 8.13. The van der Waals surface area contributed by atoms with Crippen LogP contribution in [0.1, 0.15) is 36.5 Å². The predicted molar refractivity (Wildman–Crippen MR) is 114 cm³/mol. The molecule has 1 heterocycles. The molecule has 0 saturated heterocycles. The van der Waals surface area contributed by atoms with E-state index in [4.69, 9.17) is 4.42 Å². The minimum absolute atomic E-state index is 0.102. The van der Waals surface area contributed by atoms with E-state index in [0.29, 0.717) is 12.3 Å². The van der Waals surface area contributed by atoms with Crippen LogP contribution in [0, 0.1) is 6.92 Å². The van der Waals surface area contributed by atoms with E-state index < -0.39 is 10.0 Å². The van der Waals surface area contributed by atoms with Gasteiger partial charge in [0.05, 0.1) is 17.9 Å². The Morgan fingerprint density at radius 1 is 1.14 bits per heavy atom. The molecule has 3 aromatic rings. The fraction of sp³-hybridized carbons (Fsp3) is 0.348. The molecule has 1 fully saturated rings. The minimum atomic E-state index is -3.25. The number of hydrogen-bond acceptors (Lipinski definition) is 4. The lowest BCUT2D eigenvalue weighted by molar-refractivity contribution is 0.311. The van der Waals surface area contributed by atoms with Crippen molar-refractivity contribution >= 4 is 10.0 Å². The van der Waals surface area contributed by atoms with Gasteiger partial charge in [0.15, 0.2) is 0 Å². The number of hydrogen-bond donors (Lipinski definition) is 1. The summed E-state index contributed by atoms with van der Waals surface area (Å²) in [5.41, 5.74) is 3.23. The molecule has 2 atom stereocenters. The third-order valence-corrected chi connectivity index (χ3v) is 6.40. The van der Waals surface area contributed by atoms with Crippen LogP contribution >= 0.6 is 0 Å². The van der Waals surface area contributed by atoms with Gasteiger partial charge in [-0.1, -0.05) is 54.6 Å². The quantitative estimate of drug-likeness (QED) is 0.660. The van der Waals surface area contributed by atoms with Crippen LogP contribution in [0.2, 0.25) is 0 Å². The Kier molecular flexibility index (Phi) is 5.32. The van der Waals surface area contributed by atoms with Gasteiger partial charge in [0, 0.05) is 6.04 Å². The average molecular weight is 411 g/mol. The van der Waals surface area contributed by atoms with Crippen molar-refractivity contribution in [2.75, 3.05) is 6.26 Å². The molecule has 0 aliphatic heterocycles. The van der Waals surface area contributed by atoms with Crippen LogP contribution in [0.25, 0.3) is 11.1 Å². The normalized spacial score (nSPS) is 22.1. The predicted octanol–water partition coefficient (Wildman–Crippen LogP) is 4.23. The Balaban J connectivity index is 1.65. The monoisotopic (exact) mass is 410 g/mol. The molecule has 6 heteroatoms. The molecule has 1 aromatic heterocycles. The van der Waals surface area contributed by atoms with E-state index in [0.717, 1.165) is 25.0 Å². The van der Waals surface area contributed by atoms with E-state index in [2.05, 4.69) is 46.1 Å². The summed E-state index contributed by atoms with van der Waals surface area (Å²) in [6.45, 7) is 1.89. The first-order chi connectivity index (χ1) is 13.8. The molecule has 1 aliphatic carbocycles. The molecule has 1 saturated carbocycles. The highest BCUT2D eigenvalue weighted by atomic mass is 32.2. The molecule has 0 spiro atoms. The second kappa shape index (κ2) is 7.76. The molecule has 0 radical (unpaired) electrons. The fourth-order valence-corrected chi connectivity index (χ4v) is 5.25. The molecule has 1 N–H and O–H groups in total. The smallest absolute Gasteiger partial charge is 0.208 e. The van der Waals surface area contributed by atoms with E-state index in [9.17, 15) is 8.42 Å². The molecule has 1 aliphatic rings. The van der Waals surface area contributed by atoms with E-state index in [1.807, 2.05) is 25.1 Å². The zero-order valence-corrected chi connectivity index (χ0v) is 17.6. The van der Waals surface area contributed by atoms with Gasteiger partial charge in [-0.15, -0.1) is 0 Å². The van der Waals surface area contributed by atoms with E-state index >= 15 is 0 Å². The number of nitrogens with one attached hydrogen (secondary N) is 1. The summed E-state index contributed by atoms with van der Waals surface area (Å²) in [7, 11) is -3.25. The van der Waals surface area contributed by atoms with Gasteiger partial charge >= 0.3 is 0 Å². The molecular weight excluding hydrogens is 384 g/mol. The molecule has 0 bridgehead atoms. The maximum absolute atomic E-state index is 11.7. The third-order valence-electron chi connectivity index (χ3n) is 5.64. The van der Waals surface area contributed by atoms with Crippen LogP contribution < -0.4 is 4.72 Å². The minimum Gasteiger partial charge on any atom is -0.445 e. The van der Waals surface area contributed by atoms with Gasteiger partial charge in [0.1, 0.15) is 5.76 Å². The Morgan fingerprint density at radius 3 is 2.59 bits per heavy atom. The first-order valence-corrected chi connectivity index (χ1v) is 11.8. The largest absolute Gasteiger partial charge is 0.445 e. The summed E-state index contributed by atoms with van der Waals surface area (Å²) in [5.74, 6) is 1.48. The van der Waals surface area contributed by atoms with E-state index in [1.54, 1.807) is 6.20 Å². The molecule has 152 valence electrons. The summed E-state index contributed by atoms with van der Waals surface area (Å²) >= 11 is 0. The Labute approximate surface area is 172 Å². The fourth-order valence-electron chi connectivity index (χ4n) is 4.44. The number of rotatable bonds is 6. The van der Waals surface area contributed by atoms with Crippen molar-refractivity contribution in [1.82, 2.24) is 9.71 Å². The van der Waals surface area contributed by atoms with E-state index in [-0.39, 0.29) is 11.5 Å². The van der Waals surface area contributed by atoms with Gasteiger partial charge in [-0.2, -0.15) is 0 Å². The summed E-state index contributed by atoms with van der Waals surface area (Å²) in [6, 6.07) is 18.7. The zero-order valence-electron chi connectivity index (χ0n) is 16.8. The molecule has 0 amide bonds. The van der Waals surface area contributed by atoms with Crippen molar-refractivity contribution < 1.29 is 12.8 Å². The van der Waals surface area contributed by atoms with Gasteiger partial charge in [-0.3, -0.25) is 0 Å². The Hall–Kier alpha value is -2.44. The van der Waals surface area contributed by atoms with Crippen molar-refractivity contribution in [3.05, 3.63) is 78.0 Å². The average Bonchev–Trinajstić information content (AvgIpc) is 3.29. The number of oxazole rings is 1. The number of sulfonamides is 1. The van der Waals surface area contributed by atoms with Crippen molar-refractivity contribution in [2.45, 2.75) is 44.1 Å². The maximum atomic E-state index is 11.7. The first kappa shape index (κ1) is 19.9. The van der Waals surface area contributed by atoms with Crippen LogP contribution in [0.4, 0.5) is 0 Å². The SMILES string of the molecule is Cc1cnc([C@@]2(Cc3cccc(-c4ccccc4)c3)CC[C@H](NS(C)(=O)=O)C2)o1. The number of aromatic nitrogens is 1. The number of benzene rings is 2. The summed E-state index contributed by atoms with van der Waals surface area (Å²) in [4.78, 5) is 4.53. The van der Waals surface area contributed by atoms with Gasteiger partial charge in [0.2, 0.25) is 15.9 Å². The van der Waals surface area contributed by atoms with Crippen molar-refractivity contribution in [3.63, 3.8) is 0 Å². The molecular formula is C23H26N2O3S. The van der Waals surface area contributed by atoms with Crippen LogP contribution in [0.3, 0.4) is 0 Å². The molecule has 29 heavy (non-hydrogen) atoms. The molecule has 5 nitrogen and oxygen atoms in total. The van der Waals surface area contributed by atoms with Gasteiger partial charge in [-0.25, -0.2) is 18.1 Å². The van der Waals surface area contributed by atoms with Gasteiger partial charge < -0.3 is 4.42 Å². The Bertz CT molecular complexity index is 1090. The Morgan fingerprint density at radius 2 is 1.90 bits per heavy atom. The lowest BCUT2D eigenvalue weighted by atomic mass is 9.79. The highest BCUT2D eigenvalue weighted by Gasteiger charge is 2.45. The summed E-state index contributed by atoms with van der Waals surface area (Å²) < 4.78 is 32.2. The van der Waals surface area contributed by atoms with Crippen LogP contribution in [-0.4, -0.2) is 25.7 Å². The second-order valence-corrected chi connectivity index (χ2v) is 9.91. The zero-order chi connectivity index (χ0) is 20.5. The highest BCUT2D eigenvalue weighted by molar-refractivity contribution is 7.88. The van der Waals surface area contributed by atoms with Crippen molar-refractivity contribution in [1.29, 1.82) is 0 Å². The van der Waals surface area contributed by atoms with Gasteiger partial charge in [0.25, 0.3) is 0 Å². The summed E-state index contributed by atoms with van der Waals surface area (Å²) in [5, 5.41) is 0. The maximum Gasteiger partial charge on any atom is 0.208 e. The van der Waals surface area contributed by atoms with Crippen molar-refractivity contribution in [2.24, 2.45) is 0 Å². The lowest BCUT2D eigenvalue weighted by Crippen LogP contribution is -2.35. The highest BCUT2D eigenvalue weighted by Crippen LogP contribution is 2.44. The van der Waals surface area contributed by atoms with Crippen LogP contribution in [-0.2, 0) is 21.9 Å². The topological polar surface area (TPSA) is 72.2 Å². The van der Waals surface area contributed by atoms with Crippen molar-refractivity contribution in [3.8, 4) is 11.1 Å². The standard InChI is InChI=1S/C23H26N2O3S/c1-17-16-24-22(28-17)23(12-11-21(15-23)25-29(2,26)27)14-18-7-6-10-20(13-18)19-8-4-3-5-9-19/h3-10,13,16,21,25H,11-12,14-15H2,1-2H3/t21-,23+/m0/s1. The first-order valence-electron chi connectivity index (χ1n) is 9.88. The molecule has 2 aromatic carbocycles. The van der Waals surface area contributed by atoms with Crippen LogP contribution in [0.5, 0.6) is 0 Å². The summed E-state index contributed by atoms with van der Waals surface area (Å²) in [6.07, 6.45) is 5.99. The molecule has 4 rings (SSSR count). The molecule has 0 unspecified atom stereocenters. The van der Waals surface area contributed by atoms with Crippen LogP contribution in [0.15, 0.2) is 65.2 Å².